The molecule has 0 bridgehead atoms. The number of rotatable bonds is 9. The van der Waals surface area contributed by atoms with Crippen LogP contribution in [0.15, 0.2) is 66.7 Å². The number of nitrogens with zero attached hydrogens (tertiary/aromatic N) is 1. The predicted molar refractivity (Wildman–Crippen MR) is 153 cm³/mol. The van der Waals surface area contributed by atoms with Gasteiger partial charge in [0.2, 0.25) is 5.91 Å². The number of amides is 1. The molecule has 4 atom stereocenters. The second kappa shape index (κ2) is 12.2. The molecule has 0 aromatic heterocycles. The van der Waals surface area contributed by atoms with Crippen molar-refractivity contribution in [1.29, 1.82) is 0 Å². The van der Waals surface area contributed by atoms with Gasteiger partial charge in [-0.2, -0.15) is 0 Å². The molecule has 7 nitrogen and oxygen atoms in total. The van der Waals surface area contributed by atoms with Crippen molar-refractivity contribution in [3.05, 3.63) is 94.8 Å². The fourth-order valence-corrected chi connectivity index (χ4v) is 6.17. The Bertz CT molecular complexity index is 1390. The Morgan fingerprint density at radius 3 is 1.98 bits per heavy atom. The van der Waals surface area contributed by atoms with Gasteiger partial charge in [-0.3, -0.25) is 14.4 Å². The summed E-state index contributed by atoms with van der Waals surface area (Å²) in [5.74, 6) is -3.87. The highest BCUT2D eigenvalue weighted by Crippen LogP contribution is 2.43. The summed E-state index contributed by atoms with van der Waals surface area (Å²) in [6, 6.07) is 17.1. The molecule has 1 unspecified atom stereocenters. The summed E-state index contributed by atoms with van der Waals surface area (Å²) in [5.41, 5.74) is 1.38. The van der Waals surface area contributed by atoms with Gasteiger partial charge in [-0.15, -0.1) is 0 Å². The molecule has 3 aromatic carbocycles. The lowest BCUT2D eigenvalue weighted by Crippen LogP contribution is -2.52. The molecule has 2 saturated heterocycles. The van der Waals surface area contributed by atoms with E-state index in [2.05, 4.69) is 5.32 Å². The second-order valence-electron chi connectivity index (χ2n) is 11.2. The minimum Gasteiger partial charge on any atom is -0.508 e. The van der Waals surface area contributed by atoms with Gasteiger partial charge in [0, 0.05) is 54.4 Å². The van der Waals surface area contributed by atoms with Gasteiger partial charge >= 0.3 is 0 Å². The number of carbonyl (C=O) groups excluding carboxylic acids is 3. The van der Waals surface area contributed by atoms with Crippen LogP contribution < -0.4 is 5.32 Å². The minimum atomic E-state index is -0.866. The Kier molecular flexibility index (Phi) is 8.49. The van der Waals surface area contributed by atoms with E-state index in [1.54, 1.807) is 48.2 Å². The van der Waals surface area contributed by atoms with Crippen LogP contribution in [0.25, 0.3) is 0 Å². The molecular weight excluding hydrogens is 523 g/mol. The molecule has 2 aliphatic heterocycles. The summed E-state index contributed by atoms with van der Waals surface area (Å²) in [5, 5.41) is 23.5. The van der Waals surface area contributed by atoms with Gasteiger partial charge in [0.05, 0.1) is 0 Å². The molecule has 214 valence electrons. The van der Waals surface area contributed by atoms with E-state index >= 15 is 0 Å². The van der Waals surface area contributed by atoms with E-state index in [4.69, 9.17) is 0 Å². The Labute approximate surface area is 239 Å². The molecule has 0 saturated carbocycles. The number of piperidine rings is 1. The molecule has 3 aromatic rings. The fraction of sp³-hybridized carbons (Fsp3) is 0.364. The van der Waals surface area contributed by atoms with Crippen molar-refractivity contribution in [2.75, 3.05) is 19.6 Å². The largest absolute Gasteiger partial charge is 0.508 e. The summed E-state index contributed by atoms with van der Waals surface area (Å²) in [4.78, 5) is 43.3. The van der Waals surface area contributed by atoms with Crippen LogP contribution in [0.1, 0.15) is 63.4 Å². The summed E-state index contributed by atoms with van der Waals surface area (Å²) in [6.07, 6.45) is 2.95. The quantitative estimate of drug-likeness (QED) is 0.319. The van der Waals surface area contributed by atoms with Crippen LogP contribution in [-0.2, 0) is 4.79 Å². The molecule has 5 rings (SSSR count). The summed E-state index contributed by atoms with van der Waals surface area (Å²) >= 11 is 0. The van der Waals surface area contributed by atoms with Crippen molar-refractivity contribution in [2.45, 2.75) is 44.6 Å². The highest BCUT2D eigenvalue weighted by Gasteiger charge is 2.46. The van der Waals surface area contributed by atoms with Crippen molar-refractivity contribution in [1.82, 2.24) is 10.2 Å². The van der Waals surface area contributed by atoms with Crippen LogP contribution in [-0.4, -0.2) is 58.3 Å². The number of halogens is 1. The fourth-order valence-electron chi connectivity index (χ4n) is 6.17. The van der Waals surface area contributed by atoms with Gasteiger partial charge < -0.3 is 20.4 Å². The molecule has 0 radical (unpaired) electrons. The maximum atomic E-state index is 14.9. The monoisotopic (exact) mass is 558 g/mol. The molecule has 2 fully saturated rings. The van der Waals surface area contributed by atoms with E-state index in [9.17, 15) is 29.0 Å². The number of aromatic hydroxyl groups is 2. The predicted octanol–water partition coefficient (Wildman–Crippen LogP) is 5.00. The SMILES string of the molecule is Cc1c(F)cccc1[C@H]1[C@@H](C(=O)c2cccc(O)c2)CN(C(=O)CCCC2CCN2)C[C@H]1C(=O)c1cccc(O)c1. The van der Waals surface area contributed by atoms with E-state index in [1.807, 2.05) is 0 Å². The molecule has 0 spiro atoms. The molecule has 2 aliphatic rings. The first-order valence-electron chi connectivity index (χ1n) is 14.2. The zero-order chi connectivity index (χ0) is 29.1. The van der Waals surface area contributed by atoms with Crippen LogP contribution in [0.3, 0.4) is 0 Å². The Hall–Kier alpha value is -4.04. The third kappa shape index (κ3) is 6.17. The Morgan fingerprint density at radius 2 is 1.46 bits per heavy atom. The van der Waals surface area contributed by atoms with E-state index in [0.717, 1.165) is 19.4 Å². The number of Topliss-reactive ketones (excluding diaryl/α,β-unsaturated/α-hetero) is 2. The summed E-state index contributed by atoms with van der Waals surface area (Å²) < 4.78 is 14.9. The topological polar surface area (TPSA) is 107 Å². The first-order valence-corrected chi connectivity index (χ1v) is 14.2. The van der Waals surface area contributed by atoms with Crippen molar-refractivity contribution < 1.29 is 29.0 Å². The third-order valence-corrected chi connectivity index (χ3v) is 8.53. The van der Waals surface area contributed by atoms with Gasteiger partial charge in [-0.25, -0.2) is 4.39 Å². The van der Waals surface area contributed by atoms with Gasteiger partial charge in [0.1, 0.15) is 17.3 Å². The van der Waals surface area contributed by atoms with Crippen LogP contribution in [0.5, 0.6) is 11.5 Å². The van der Waals surface area contributed by atoms with Gasteiger partial charge in [-0.1, -0.05) is 36.4 Å². The zero-order valence-corrected chi connectivity index (χ0v) is 23.1. The number of ketones is 2. The number of likely N-dealkylation sites (tertiary alicyclic amines) is 1. The van der Waals surface area contributed by atoms with E-state index in [-0.39, 0.29) is 53.2 Å². The number of hydrogen-bond acceptors (Lipinski definition) is 6. The first kappa shape index (κ1) is 28.5. The summed E-state index contributed by atoms with van der Waals surface area (Å²) in [6.45, 7) is 2.75. The van der Waals surface area contributed by atoms with Crippen molar-refractivity contribution in [3.63, 3.8) is 0 Å². The van der Waals surface area contributed by atoms with Crippen molar-refractivity contribution in [2.24, 2.45) is 11.8 Å². The summed E-state index contributed by atoms with van der Waals surface area (Å²) in [7, 11) is 0. The highest BCUT2D eigenvalue weighted by atomic mass is 19.1. The normalized spacial score (nSPS) is 22.1. The van der Waals surface area contributed by atoms with E-state index in [0.29, 0.717) is 30.0 Å². The Balaban J connectivity index is 1.56. The number of phenols is 2. The maximum Gasteiger partial charge on any atom is 0.222 e. The second-order valence-corrected chi connectivity index (χ2v) is 11.2. The molecule has 8 heteroatoms. The average Bonchev–Trinajstić information content (AvgIpc) is 2.94. The van der Waals surface area contributed by atoms with Crippen LogP contribution in [0, 0.1) is 24.6 Å². The molecule has 3 N–H and O–H groups in total. The Morgan fingerprint density at radius 1 is 0.902 bits per heavy atom. The number of phenolic OH excluding ortho intramolecular Hbond substituents is 2. The van der Waals surface area contributed by atoms with Gasteiger partial charge in [0.15, 0.2) is 11.6 Å². The number of carbonyl (C=O) groups is 3. The molecular formula is C33H35FN2O5. The van der Waals surface area contributed by atoms with Gasteiger partial charge in [0.25, 0.3) is 0 Å². The highest BCUT2D eigenvalue weighted by molar-refractivity contribution is 6.03. The van der Waals surface area contributed by atoms with Crippen LogP contribution in [0.2, 0.25) is 0 Å². The zero-order valence-electron chi connectivity index (χ0n) is 23.1. The molecule has 0 aliphatic carbocycles. The van der Waals surface area contributed by atoms with Crippen molar-refractivity contribution in [3.8, 4) is 11.5 Å². The average molecular weight is 559 g/mol. The number of hydrogen-bond donors (Lipinski definition) is 3. The number of benzene rings is 3. The lowest BCUT2D eigenvalue weighted by atomic mass is 9.67. The lowest BCUT2D eigenvalue weighted by Gasteiger charge is -2.43. The van der Waals surface area contributed by atoms with Crippen molar-refractivity contribution >= 4 is 17.5 Å². The number of nitrogens with one attached hydrogen (secondary N) is 1. The van der Waals surface area contributed by atoms with Crippen LogP contribution in [0.4, 0.5) is 4.39 Å². The van der Waals surface area contributed by atoms with Gasteiger partial charge in [-0.05, 0) is 74.2 Å². The smallest absolute Gasteiger partial charge is 0.222 e. The molecule has 2 heterocycles. The lowest BCUT2D eigenvalue weighted by molar-refractivity contribution is -0.133. The van der Waals surface area contributed by atoms with E-state index in [1.165, 1.54) is 30.3 Å². The molecule has 41 heavy (non-hydrogen) atoms. The molecule has 1 amide bonds. The van der Waals surface area contributed by atoms with E-state index < -0.39 is 23.6 Å². The standard InChI is InChI=1S/C33H35FN2O5/c1-20-26(11-5-12-29(20)34)31-27(32(40)21-6-2-9-24(37)16-21)18-36(30(39)13-4-8-23-14-15-35-23)19-28(31)33(41)22-7-3-10-25(38)17-22/h2-3,5-7,9-12,16-17,23,27-28,31,35,37-38H,4,8,13-15,18-19H2,1H3/t23?,27-,28+,31-. The third-order valence-electron chi connectivity index (χ3n) is 8.53. The minimum absolute atomic E-state index is 0.0689. The van der Waals surface area contributed by atoms with Crippen LogP contribution >= 0.6 is 0 Å². The first-order chi connectivity index (χ1) is 19.7. The maximum absolute atomic E-state index is 14.9.